The third kappa shape index (κ3) is 3.52. The lowest BCUT2D eigenvalue weighted by molar-refractivity contribution is -0.219. The lowest BCUT2D eigenvalue weighted by Crippen LogP contribution is -2.59. The van der Waals surface area contributed by atoms with E-state index in [4.69, 9.17) is 9.84 Å². The van der Waals surface area contributed by atoms with E-state index in [1.54, 1.807) is 13.8 Å². The van der Waals surface area contributed by atoms with Gasteiger partial charge in [-0.2, -0.15) is 0 Å². The first-order valence-electron chi connectivity index (χ1n) is 6.09. The highest BCUT2D eigenvalue weighted by molar-refractivity contribution is 5.94. The predicted octanol–water partition coefficient (Wildman–Crippen LogP) is -2.09. The van der Waals surface area contributed by atoms with Gasteiger partial charge in [-0.05, 0) is 13.8 Å². The summed E-state index contributed by atoms with van der Waals surface area (Å²) in [6.07, 6.45) is -6.67. The van der Waals surface area contributed by atoms with E-state index < -0.39 is 43.0 Å². The molecule has 0 radical (unpaired) electrons. The third-order valence-electron chi connectivity index (χ3n) is 2.95. The van der Waals surface area contributed by atoms with Crippen LogP contribution >= 0.6 is 0 Å². The van der Waals surface area contributed by atoms with Crippen molar-refractivity contribution in [1.82, 2.24) is 5.32 Å². The first-order chi connectivity index (χ1) is 8.79. The van der Waals surface area contributed by atoms with Crippen LogP contribution < -0.4 is 5.32 Å². The van der Waals surface area contributed by atoms with Gasteiger partial charge < -0.3 is 30.5 Å². The van der Waals surface area contributed by atoms with Gasteiger partial charge in [-0.1, -0.05) is 6.58 Å². The Hall–Kier alpha value is -0.990. The molecule has 0 saturated carbocycles. The molecule has 0 aromatic carbocycles. The van der Waals surface area contributed by atoms with E-state index in [1.807, 2.05) is 0 Å². The van der Waals surface area contributed by atoms with Crippen LogP contribution in [0.15, 0.2) is 12.2 Å². The molecule has 1 aliphatic heterocycles. The number of rotatable bonds is 4. The van der Waals surface area contributed by atoms with Crippen LogP contribution in [0.4, 0.5) is 0 Å². The number of nitrogens with one attached hydrogen (secondary N) is 1. The SMILES string of the molecule is C=C(C(=O)NC(C)C)C1O[C@H](CO)[C@@H](O)[C@H](O)[C@H]1O. The Morgan fingerprint density at radius 2 is 1.84 bits per heavy atom. The van der Waals surface area contributed by atoms with Crippen LogP contribution in [0.2, 0.25) is 0 Å². The molecule has 1 heterocycles. The zero-order valence-corrected chi connectivity index (χ0v) is 11.0. The zero-order chi connectivity index (χ0) is 14.7. The number of carbonyl (C=O) groups is 1. The fourth-order valence-electron chi connectivity index (χ4n) is 1.87. The van der Waals surface area contributed by atoms with Crippen molar-refractivity contribution < 1.29 is 30.0 Å². The van der Waals surface area contributed by atoms with Crippen LogP contribution in [-0.2, 0) is 9.53 Å². The first kappa shape index (κ1) is 16.1. The first-order valence-corrected chi connectivity index (χ1v) is 6.09. The molecule has 1 amide bonds. The Kier molecular flexibility index (Phi) is 5.45. The second-order valence-electron chi connectivity index (χ2n) is 4.90. The minimum absolute atomic E-state index is 0.0643. The maximum Gasteiger partial charge on any atom is 0.249 e. The van der Waals surface area contributed by atoms with Gasteiger partial charge >= 0.3 is 0 Å². The van der Waals surface area contributed by atoms with E-state index in [1.165, 1.54) is 0 Å². The molecule has 5 atom stereocenters. The molecule has 0 aromatic heterocycles. The lowest BCUT2D eigenvalue weighted by atomic mass is 9.91. The molecule has 1 fully saturated rings. The summed E-state index contributed by atoms with van der Waals surface area (Å²) in [5.41, 5.74) is -0.0643. The Bertz CT molecular complexity index is 343. The molecular weight excluding hydrogens is 254 g/mol. The van der Waals surface area contributed by atoms with Crippen molar-refractivity contribution in [1.29, 1.82) is 0 Å². The van der Waals surface area contributed by atoms with Gasteiger partial charge in [0.15, 0.2) is 0 Å². The summed E-state index contributed by atoms with van der Waals surface area (Å²) in [6, 6.07) is -0.117. The minimum Gasteiger partial charge on any atom is -0.394 e. The van der Waals surface area contributed by atoms with Crippen molar-refractivity contribution in [3.8, 4) is 0 Å². The van der Waals surface area contributed by atoms with Gasteiger partial charge in [0.1, 0.15) is 30.5 Å². The molecule has 1 rings (SSSR count). The van der Waals surface area contributed by atoms with Gasteiger partial charge in [-0.15, -0.1) is 0 Å². The van der Waals surface area contributed by atoms with Crippen LogP contribution in [-0.4, -0.2) is 69.5 Å². The van der Waals surface area contributed by atoms with Crippen molar-refractivity contribution in [3.63, 3.8) is 0 Å². The largest absolute Gasteiger partial charge is 0.394 e. The van der Waals surface area contributed by atoms with Crippen LogP contribution in [0.1, 0.15) is 13.8 Å². The van der Waals surface area contributed by atoms with Crippen molar-refractivity contribution in [3.05, 3.63) is 12.2 Å². The Morgan fingerprint density at radius 3 is 2.32 bits per heavy atom. The fourth-order valence-corrected chi connectivity index (χ4v) is 1.87. The van der Waals surface area contributed by atoms with Gasteiger partial charge in [-0.25, -0.2) is 0 Å². The van der Waals surface area contributed by atoms with Crippen LogP contribution in [0.5, 0.6) is 0 Å². The third-order valence-corrected chi connectivity index (χ3v) is 2.95. The second-order valence-corrected chi connectivity index (χ2v) is 4.90. The highest BCUT2D eigenvalue weighted by atomic mass is 16.5. The Balaban J connectivity index is 2.81. The molecule has 7 heteroatoms. The van der Waals surface area contributed by atoms with Gasteiger partial charge in [0, 0.05) is 11.6 Å². The van der Waals surface area contributed by atoms with Crippen LogP contribution in [0.3, 0.4) is 0 Å². The molecule has 5 N–H and O–H groups in total. The number of aliphatic hydroxyl groups is 4. The standard InChI is InChI=1S/C12H21NO6/c1-5(2)13-12(18)6(3)11-10(17)9(16)8(15)7(4-14)19-11/h5,7-11,14-17H,3-4H2,1-2H3,(H,13,18)/t7-,8-,9+,10-,11?/m1/s1. The van der Waals surface area contributed by atoms with Gasteiger partial charge in [0.05, 0.1) is 6.61 Å². The van der Waals surface area contributed by atoms with E-state index in [-0.39, 0.29) is 11.6 Å². The molecule has 1 unspecified atom stereocenters. The highest BCUT2D eigenvalue weighted by Crippen LogP contribution is 2.25. The van der Waals surface area contributed by atoms with E-state index >= 15 is 0 Å². The molecule has 0 bridgehead atoms. The molecule has 1 aliphatic rings. The van der Waals surface area contributed by atoms with E-state index in [0.717, 1.165) is 0 Å². The van der Waals surface area contributed by atoms with Gasteiger partial charge in [0.25, 0.3) is 0 Å². The van der Waals surface area contributed by atoms with Gasteiger partial charge in [0.2, 0.25) is 5.91 Å². The van der Waals surface area contributed by atoms with E-state index in [0.29, 0.717) is 0 Å². The fraction of sp³-hybridized carbons (Fsp3) is 0.750. The summed E-state index contributed by atoms with van der Waals surface area (Å²) < 4.78 is 5.22. The maximum absolute atomic E-state index is 11.8. The Morgan fingerprint density at radius 1 is 1.26 bits per heavy atom. The van der Waals surface area contributed by atoms with Crippen molar-refractivity contribution in [2.24, 2.45) is 0 Å². The number of amides is 1. The number of carbonyl (C=O) groups excluding carboxylic acids is 1. The number of ether oxygens (including phenoxy) is 1. The normalized spacial score (nSPS) is 35.2. The molecule has 0 aliphatic carbocycles. The summed E-state index contributed by atoms with van der Waals surface area (Å²) in [4.78, 5) is 11.8. The zero-order valence-electron chi connectivity index (χ0n) is 11.0. The van der Waals surface area contributed by atoms with Crippen molar-refractivity contribution in [2.45, 2.75) is 50.4 Å². The van der Waals surface area contributed by atoms with E-state index in [2.05, 4.69) is 11.9 Å². The molecule has 1 saturated heterocycles. The molecule has 19 heavy (non-hydrogen) atoms. The Labute approximate surface area is 111 Å². The van der Waals surface area contributed by atoms with Crippen molar-refractivity contribution >= 4 is 5.91 Å². The summed E-state index contributed by atoms with van der Waals surface area (Å²) in [7, 11) is 0. The average molecular weight is 275 g/mol. The molecule has 0 aromatic rings. The summed E-state index contributed by atoms with van der Waals surface area (Å²) >= 11 is 0. The molecule has 110 valence electrons. The average Bonchev–Trinajstić information content (AvgIpc) is 2.35. The second kappa shape index (κ2) is 6.44. The van der Waals surface area contributed by atoms with E-state index in [9.17, 15) is 20.1 Å². The topological polar surface area (TPSA) is 119 Å². The number of hydrogen-bond acceptors (Lipinski definition) is 6. The number of hydrogen-bond donors (Lipinski definition) is 5. The summed E-state index contributed by atoms with van der Waals surface area (Å²) in [5, 5.41) is 40.7. The quantitative estimate of drug-likeness (QED) is 0.375. The van der Waals surface area contributed by atoms with Gasteiger partial charge in [-0.3, -0.25) is 4.79 Å². The maximum atomic E-state index is 11.8. The lowest BCUT2D eigenvalue weighted by Gasteiger charge is -2.40. The molecule has 0 spiro atoms. The van der Waals surface area contributed by atoms with Crippen molar-refractivity contribution in [2.75, 3.05) is 6.61 Å². The minimum atomic E-state index is -1.51. The summed E-state index contributed by atoms with van der Waals surface area (Å²) in [6.45, 7) is 6.52. The summed E-state index contributed by atoms with van der Waals surface area (Å²) in [5.74, 6) is -0.515. The van der Waals surface area contributed by atoms with Crippen LogP contribution in [0, 0.1) is 0 Å². The molecule has 7 nitrogen and oxygen atoms in total. The molecular formula is C12H21NO6. The number of aliphatic hydroxyl groups excluding tert-OH is 4. The predicted molar refractivity (Wildman–Crippen MR) is 66.2 cm³/mol. The monoisotopic (exact) mass is 275 g/mol. The smallest absolute Gasteiger partial charge is 0.249 e. The van der Waals surface area contributed by atoms with Crippen LogP contribution in [0.25, 0.3) is 0 Å². The highest BCUT2D eigenvalue weighted by Gasteiger charge is 2.45.